The van der Waals surface area contributed by atoms with Crippen molar-refractivity contribution >= 4 is 27.9 Å². The third-order valence-corrected chi connectivity index (χ3v) is 3.41. The van der Waals surface area contributed by atoms with Crippen LogP contribution in [0.25, 0.3) is 0 Å². The van der Waals surface area contributed by atoms with Crippen LogP contribution in [0.4, 0.5) is 4.79 Å². The fraction of sp³-hybridized carbons (Fsp3) is 0.429. The molecule has 0 N–H and O–H groups in total. The molecule has 1 aliphatic carbocycles. The van der Waals surface area contributed by atoms with E-state index in [9.17, 15) is 4.79 Å². The molecular formula is C14H15BrK2O5. The fourth-order valence-electron chi connectivity index (χ4n) is 2.07. The molecule has 0 bridgehead atoms. The molecule has 1 aliphatic rings. The van der Waals surface area contributed by atoms with Gasteiger partial charge in [0.1, 0.15) is 5.75 Å². The first kappa shape index (κ1) is 25.9. The molecule has 1 fully saturated rings. The molecule has 110 valence electrons. The van der Waals surface area contributed by atoms with E-state index in [1.807, 2.05) is 18.2 Å². The summed E-state index contributed by atoms with van der Waals surface area (Å²) in [5, 5.41) is 16.7. The topological polar surface area (TPSA) is 89.5 Å². The van der Waals surface area contributed by atoms with Crippen molar-refractivity contribution in [3.8, 4) is 5.75 Å². The fourth-order valence-corrected chi connectivity index (χ4v) is 2.43. The Hall–Kier alpha value is 1.71. The van der Waals surface area contributed by atoms with Crippen LogP contribution < -0.4 is 118 Å². The molecule has 0 aliphatic heterocycles. The Labute approximate surface area is 223 Å². The van der Waals surface area contributed by atoms with Crippen molar-refractivity contribution in [2.45, 2.75) is 38.7 Å². The number of ketones is 1. The molecule has 0 atom stereocenters. The normalized spacial score (nSPS) is 13.0. The second-order valence-electron chi connectivity index (χ2n) is 4.47. The van der Waals surface area contributed by atoms with E-state index in [0.717, 1.165) is 23.1 Å². The summed E-state index contributed by atoms with van der Waals surface area (Å²) in [4.78, 5) is 19.8. The van der Waals surface area contributed by atoms with Crippen molar-refractivity contribution < 1.29 is 127 Å². The van der Waals surface area contributed by atoms with E-state index in [1.165, 1.54) is 12.8 Å². The Morgan fingerprint density at radius 1 is 1.18 bits per heavy atom. The van der Waals surface area contributed by atoms with E-state index in [-0.39, 0.29) is 109 Å². The summed E-state index contributed by atoms with van der Waals surface area (Å²) in [7, 11) is 0. The average molecular weight is 421 g/mol. The first-order chi connectivity index (χ1) is 9.40. The molecule has 0 saturated heterocycles. The summed E-state index contributed by atoms with van der Waals surface area (Å²) in [6, 6.07) is 5.61. The molecule has 1 aromatic carbocycles. The molecule has 1 saturated carbocycles. The maximum Gasteiger partial charge on any atom is 1.00 e. The number of carbonyl (C=O) groups excluding carboxylic acids is 2. The molecule has 22 heavy (non-hydrogen) atoms. The summed E-state index contributed by atoms with van der Waals surface area (Å²) in [6.45, 7) is 1.57. The van der Waals surface area contributed by atoms with Crippen LogP contribution in [-0.4, -0.2) is 18.0 Å². The van der Waals surface area contributed by atoms with Gasteiger partial charge in [-0.3, -0.25) is 4.79 Å². The number of hydrogen-bond acceptors (Lipinski definition) is 5. The molecular weight excluding hydrogens is 406 g/mol. The van der Waals surface area contributed by atoms with Crippen molar-refractivity contribution in [2.75, 3.05) is 0 Å². The Balaban J connectivity index is 0. The van der Waals surface area contributed by atoms with Gasteiger partial charge in [-0.25, -0.2) is 0 Å². The number of hydrogen-bond donors (Lipinski definition) is 0. The van der Waals surface area contributed by atoms with Crippen LogP contribution in [0.5, 0.6) is 5.75 Å². The summed E-state index contributed by atoms with van der Waals surface area (Å²) in [6.07, 6.45) is 2.63. The van der Waals surface area contributed by atoms with Crippen molar-refractivity contribution in [1.82, 2.24) is 0 Å². The second kappa shape index (κ2) is 13.9. The molecule has 0 amide bonds. The Morgan fingerprint density at radius 2 is 1.68 bits per heavy atom. The van der Waals surface area contributed by atoms with Crippen molar-refractivity contribution in [2.24, 2.45) is 0 Å². The third kappa shape index (κ3) is 10.6. The van der Waals surface area contributed by atoms with Gasteiger partial charge in [0.15, 0.2) is 5.78 Å². The second-order valence-corrected chi connectivity index (χ2v) is 5.39. The van der Waals surface area contributed by atoms with Gasteiger partial charge in [0.2, 0.25) is 0 Å². The zero-order chi connectivity index (χ0) is 15.1. The van der Waals surface area contributed by atoms with E-state index < -0.39 is 6.16 Å². The van der Waals surface area contributed by atoms with E-state index in [0.29, 0.717) is 11.7 Å². The Bertz CT molecular complexity index is 486. The number of carbonyl (C=O) groups is 2. The number of halogens is 1. The van der Waals surface area contributed by atoms with Crippen LogP contribution in [-0.2, 0) is 0 Å². The largest absolute Gasteiger partial charge is 1.00 e. The van der Waals surface area contributed by atoms with E-state index in [1.54, 1.807) is 6.92 Å². The maximum atomic E-state index is 11.5. The monoisotopic (exact) mass is 420 g/mol. The van der Waals surface area contributed by atoms with Crippen LogP contribution in [0.1, 0.15) is 43.0 Å². The number of ether oxygens (including phenoxy) is 1. The van der Waals surface area contributed by atoms with E-state index in [4.69, 9.17) is 19.7 Å². The first-order valence-corrected chi connectivity index (χ1v) is 7.04. The molecule has 0 heterocycles. The Morgan fingerprint density at radius 3 is 2.14 bits per heavy atom. The quantitative estimate of drug-likeness (QED) is 0.363. The zero-order valence-electron chi connectivity index (χ0n) is 13.1. The first-order valence-electron chi connectivity index (χ1n) is 6.25. The van der Waals surface area contributed by atoms with Crippen LogP contribution in [0, 0.1) is 0 Å². The summed E-state index contributed by atoms with van der Waals surface area (Å²) < 4.78 is 6.79. The van der Waals surface area contributed by atoms with Crippen LogP contribution in [0.3, 0.4) is 0 Å². The van der Waals surface area contributed by atoms with Gasteiger partial charge in [-0.05, 0) is 57.0 Å². The number of rotatable bonds is 3. The number of carboxylic acid groups (broad SMARTS) is 2. The summed E-state index contributed by atoms with van der Waals surface area (Å²) >= 11 is 3.37. The minimum atomic E-state index is -2.33. The SMILES string of the molecule is CC(=O)c1cc(Br)ccc1OC1CCCC1.O=C([O-])[O-].[K+].[K+]. The van der Waals surface area contributed by atoms with Crippen LogP contribution in [0.15, 0.2) is 22.7 Å². The zero-order valence-corrected chi connectivity index (χ0v) is 20.9. The van der Waals surface area contributed by atoms with Crippen molar-refractivity contribution in [1.29, 1.82) is 0 Å². The maximum absolute atomic E-state index is 11.5. The molecule has 5 nitrogen and oxygen atoms in total. The molecule has 0 aromatic heterocycles. The van der Waals surface area contributed by atoms with Gasteiger partial charge in [0.25, 0.3) is 0 Å². The summed E-state index contributed by atoms with van der Waals surface area (Å²) in [5.74, 6) is 0.775. The van der Waals surface area contributed by atoms with Gasteiger partial charge in [-0.1, -0.05) is 15.9 Å². The predicted molar refractivity (Wildman–Crippen MR) is 72.4 cm³/mol. The van der Waals surface area contributed by atoms with Gasteiger partial charge in [-0.15, -0.1) is 0 Å². The smallest absolute Gasteiger partial charge is 0.652 e. The predicted octanol–water partition coefficient (Wildman–Crippen LogP) is -4.47. The molecule has 1 aromatic rings. The Kier molecular flexibility index (Phi) is 16.4. The van der Waals surface area contributed by atoms with Gasteiger partial charge in [0, 0.05) is 4.47 Å². The molecule has 0 unspecified atom stereocenters. The van der Waals surface area contributed by atoms with E-state index in [2.05, 4.69) is 15.9 Å². The van der Waals surface area contributed by atoms with Gasteiger partial charge < -0.3 is 19.7 Å². The van der Waals surface area contributed by atoms with Crippen LogP contribution >= 0.6 is 15.9 Å². The minimum Gasteiger partial charge on any atom is -0.652 e. The van der Waals surface area contributed by atoms with Gasteiger partial charge in [-0.2, -0.15) is 0 Å². The van der Waals surface area contributed by atoms with E-state index >= 15 is 0 Å². The minimum absolute atomic E-state index is 0. The average Bonchev–Trinajstić information content (AvgIpc) is 2.83. The number of Topliss-reactive ketones (excluding diaryl/α,β-unsaturated/α-hetero) is 1. The van der Waals surface area contributed by atoms with Crippen molar-refractivity contribution in [3.05, 3.63) is 28.2 Å². The molecule has 0 radical (unpaired) electrons. The molecule has 2 rings (SSSR count). The van der Waals surface area contributed by atoms with Crippen LogP contribution in [0.2, 0.25) is 0 Å². The van der Waals surface area contributed by atoms with Gasteiger partial charge >= 0.3 is 103 Å². The summed E-state index contributed by atoms with van der Waals surface area (Å²) in [5.41, 5.74) is 0.668. The third-order valence-electron chi connectivity index (χ3n) is 2.92. The molecule has 8 heteroatoms. The standard InChI is InChI=1S/C13H15BrO2.CH2O3.2K/c1-9(15)12-8-10(14)6-7-13(12)16-11-4-2-3-5-11;2-1(3)4;;/h6-8,11H,2-5H2,1H3;(H2,2,3,4);;/q;;2*+1/p-2. The van der Waals surface area contributed by atoms with Gasteiger partial charge in [0.05, 0.1) is 11.7 Å². The molecule has 0 spiro atoms. The van der Waals surface area contributed by atoms with Crippen molar-refractivity contribution in [3.63, 3.8) is 0 Å². The number of benzene rings is 1.